The van der Waals surface area contributed by atoms with Gasteiger partial charge >= 0.3 is 0 Å². The first-order chi connectivity index (χ1) is 9.13. The van der Waals surface area contributed by atoms with Crippen LogP contribution >= 0.6 is 23.2 Å². The standard InChI is InChI=1S/C14H8Cl2N2O/c15-9-3-1-8(2-4-9)13-17-12-6-5-10(16)7-11(12)14(19)18-13/h1-7H,(H,17,18,19). The summed E-state index contributed by atoms with van der Waals surface area (Å²) >= 11 is 11.7. The summed E-state index contributed by atoms with van der Waals surface area (Å²) in [6.07, 6.45) is 0. The number of halogens is 2. The Kier molecular flexibility index (Phi) is 3.01. The summed E-state index contributed by atoms with van der Waals surface area (Å²) in [5, 5.41) is 1.63. The summed E-state index contributed by atoms with van der Waals surface area (Å²) in [6.45, 7) is 0. The van der Waals surface area contributed by atoms with Gasteiger partial charge in [-0.15, -0.1) is 0 Å². The fourth-order valence-corrected chi connectivity index (χ4v) is 2.15. The predicted octanol–water partition coefficient (Wildman–Crippen LogP) is 3.90. The fraction of sp³-hybridized carbons (Fsp3) is 0. The van der Waals surface area contributed by atoms with E-state index in [1.807, 2.05) is 12.1 Å². The molecule has 1 N–H and O–H groups in total. The second-order valence-corrected chi connectivity index (χ2v) is 4.96. The highest BCUT2D eigenvalue weighted by atomic mass is 35.5. The molecule has 0 radical (unpaired) electrons. The van der Waals surface area contributed by atoms with Crippen LogP contribution in [0.25, 0.3) is 22.3 Å². The second-order valence-electron chi connectivity index (χ2n) is 4.08. The second kappa shape index (κ2) is 4.68. The zero-order chi connectivity index (χ0) is 13.4. The van der Waals surface area contributed by atoms with Crippen molar-refractivity contribution in [2.45, 2.75) is 0 Å². The van der Waals surface area contributed by atoms with E-state index in [0.29, 0.717) is 26.8 Å². The van der Waals surface area contributed by atoms with Gasteiger partial charge in [0, 0.05) is 15.6 Å². The van der Waals surface area contributed by atoms with E-state index < -0.39 is 0 Å². The average molecular weight is 291 g/mol. The number of H-pyrrole nitrogens is 1. The van der Waals surface area contributed by atoms with Crippen LogP contribution in [-0.4, -0.2) is 9.97 Å². The van der Waals surface area contributed by atoms with E-state index in [4.69, 9.17) is 23.2 Å². The fourth-order valence-electron chi connectivity index (χ4n) is 1.86. The molecule has 0 bridgehead atoms. The van der Waals surface area contributed by atoms with Crippen molar-refractivity contribution in [3.05, 3.63) is 62.9 Å². The Bertz CT molecular complexity index is 810. The number of aromatic amines is 1. The van der Waals surface area contributed by atoms with E-state index in [1.165, 1.54) is 0 Å². The lowest BCUT2D eigenvalue weighted by Crippen LogP contribution is -2.09. The van der Waals surface area contributed by atoms with Gasteiger partial charge in [0.15, 0.2) is 0 Å². The van der Waals surface area contributed by atoms with E-state index in [9.17, 15) is 4.79 Å². The molecule has 0 fully saturated rings. The predicted molar refractivity (Wildman–Crippen MR) is 77.8 cm³/mol. The summed E-state index contributed by atoms with van der Waals surface area (Å²) in [5.74, 6) is 0.511. The Morgan fingerprint density at radius 3 is 2.37 bits per heavy atom. The molecule has 0 aliphatic carbocycles. The van der Waals surface area contributed by atoms with Gasteiger partial charge in [-0.2, -0.15) is 0 Å². The number of fused-ring (bicyclic) bond motifs is 1. The Hall–Kier alpha value is -1.84. The van der Waals surface area contributed by atoms with Crippen molar-refractivity contribution >= 4 is 34.1 Å². The molecule has 0 saturated carbocycles. The van der Waals surface area contributed by atoms with Gasteiger partial charge in [0.05, 0.1) is 10.9 Å². The molecule has 0 spiro atoms. The lowest BCUT2D eigenvalue weighted by atomic mass is 10.2. The number of hydrogen-bond donors (Lipinski definition) is 1. The summed E-state index contributed by atoms with van der Waals surface area (Å²) in [7, 11) is 0. The highest BCUT2D eigenvalue weighted by Gasteiger charge is 2.06. The Morgan fingerprint density at radius 1 is 0.947 bits per heavy atom. The number of hydrogen-bond acceptors (Lipinski definition) is 2. The molecule has 3 aromatic rings. The highest BCUT2D eigenvalue weighted by molar-refractivity contribution is 6.31. The average Bonchev–Trinajstić information content (AvgIpc) is 2.40. The smallest absolute Gasteiger partial charge is 0.259 e. The van der Waals surface area contributed by atoms with Crippen molar-refractivity contribution in [1.82, 2.24) is 9.97 Å². The maximum absolute atomic E-state index is 12.0. The molecule has 0 atom stereocenters. The molecule has 1 aromatic heterocycles. The molecule has 3 rings (SSSR count). The minimum atomic E-state index is -0.211. The van der Waals surface area contributed by atoms with Gasteiger partial charge in [-0.3, -0.25) is 4.79 Å². The number of nitrogens with one attached hydrogen (secondary N) is 1. The minimum absolute atomic E-state index is 0.211. The molecule has 0 unspecified atom stereocenters. The third-order valence-electron chi connectivity index (χ3n) is 2.79. The SMILES string of the molecule is O=c1[nH]c(-c2ccc(Cl)cc2)nc2ccc(Cl)cc12. The maximum Gasteiger partial charge on any atom is 0.259 e. The Labute approximate surface area is 118 Å². The van der Waals surface area contributed by atoms with Crippen molar-refractivity contribution in [2.24, 2.45) is 0 Å². The third-order valence-corrected chi connectivity index (χ3v) is 3.27. The zero-order valence-corrected chi connectivity index (χ0v) is 11.2. The molecule has 19 heavy (non-hydrogen) atoms. The summed E-state index contributed by atoms with van der Waals surface area (Å²) in [5.41, 5.74) is 1.20. The first kappa shape index (κ1) is 12.2. The van der Waals surface area contributed by atoms with E-state index in [1.54, 1.807) is 30.3 Å². The van der Waals surface area contributed by atoms with Crippen LogP contribution in [0.15, 0.2) is 47.3 Å². The monoisotopic (exact) mass is 290 g/mol. The van der Waals surface area contributed by atoms with Gasteiger partial charge in [0.1, 0.15) is 5.82 Å². The summed E-state index contributed by atoms with van der Waals surface area (Å²) < 4.78 is 0. The molecule has 2 aromatic carbocycles. The van der Waals surface area contributed by atoms with Crippen molar-refractivity contribution in [3.8, 4) is 11.4 Å². The minimum Gasteiger partial charge on any atom is -0.306 e. The van der Waals surface area contributed by atoms with Gasteiger partial charge < -0.3 is 4.98 Å². The summed E-state index contributed by atoms with van der Waals surface area (Å²) in [4.78, 5) is 19.2. The van der Waals surface area contributed by atoms with Crippen LogP contribution in [-0.2, 0) is 0 Å². The third kappa shape index (κ3) is 2.35. The maximum atomic E-state index is 12.0. The number of benzene rings is 2. The largest absolute Gasteiger partial charge is 0.306 e. The van der Waals surface area contributed by atoms with E-state index >= 15 is 0 Å². The van der Waals surface area contributed by atoms with Crippen molar-refractivity contribution < 1.29 is 0 Å². The quantitative estimate of drug-likeness (QED) is 0.739. The lowest BCUT2D eigenvalue weighted by Gasteiger charge is -2.03. The molecule has 0 aliphatic heterocycles. The van der Waals surface area contributed by atoms with Crippen LogP contribution in [0.3, 0.4) is 0 Å². The Balaban J connectivity index is 2.24. The van der Waals surface area contributed by atoms with Crippen LogP contribution in [0.5, 0.6) is 0 Å². The van der Waals surface area contributed by atoms with Crippen LogP contribution in [0, 0.1) is 0 Å². The Morgan fingerprint density at radius 2 is 1.63 bits per heavy atom. The van der Waals surface area contributed by atoms with Gasteiger partial charge in [0.2, 0.25) is 0 Å². The molecule has 94 valence electrons. The summed E-state index contributed by atoms with van der Waals surface area (Å²) in [6, 6.07) is 12.2. The van der Waals surface area contributed by atoms with Gasteiger partial charge in [-0.05, 0) is 42.5 Å². The molecular formula is C14H8Cl2N2O. The van der Waals surface area contributed by atoms with Crippen LogP contribution in [0.4, 0.5) is 0 Å². The first-order valence-electron chi connectivity index (χ1n) is 5.59. The molecule has 5 heteroatoms. The molecule has 0 amide bonds. The number of nitrogens with zero attached hydrogens (tertiary/aromatic N) is 1. The van der Waals surface area contributed by atoms with Crippen LogP contribution in [0.2, 0.25) is 10.0 Å². The van der Waals surface area contributed by atoms with Gasteiger partial charge in [0.25, 0.3) is 5.56 Å². The van der Waals surface area contributed by atoms with Crippen LogP contribution < -0.4 is 5.56 Å². The molecule has 0 aliphatic rings. The van der Waals surface area contributed by atoms with Crippen molar-refractivity contribution in [3.63, 3.8) is 0 Å². The lowest BCUT2D eigenvalue weighted by molar-refractivity contribution is 1.18. The highest BCUT2D eigenvalue weighted by Crippen LogP contribution is 2.20. The molecule has 1 heterocycles. The number of aromatic nitrogens is 2. The zero-order valence-electron chi connectivity index (χ0n) is 9.65. The molecule has 0 saturated heterocycles. The van der Waals surface area contributed by atoms with Crippen molar-refractivity contribution in [2.75, 3.05) is 0 Å². The van der Waals surface area contributed by atoms with Gasteiger partial charge in [-0.1, -0.05) is 23.2 Å². The van der Waals surface area contributed by atoms with Crippen LogP contribution in [0.1, 0.15) is 0 Å². The van der Waals surface area contributed by atoms with E-state index in [-0.39, 0.29) is 5.56 Å². The van der Waals surface area contributed by atoms with Crippen molar-refractivity contribution in [1.29, 1.82) is 0 Å². The normalized spacial score (nSPS) is 10.8. The number of rotatable bonds is 1. The molecule has 3 nitrogen and oxygen atoms in total. The van der Waals surface area contributed by atoms with E-state index in [2.05, 4.69) is 9.97 Å². The first-order valence-corrected chi connectivity index (χ1v) is 6.34. The molecular weight excluding hydrogens is 283 g/mol. The van der Waals surface area contributed by atoms with E-state index in [0.717, 1.165) is 5.56 Å². The topological polar surface area (TPSA) is 45.8 Å². The van der Waals surface area contributed by atoms with Gasteiger partial charge in [-0.25, -0.2) is 4.98 Å².